The van der Waals surface area contributed by atoms with Gasteiger partial charge in [-0.15, -0.1) is 0 Å². The number of hydrogen-bond donors (Lipinski definition) is 2. The summed E-state index contributed by atoms with van der Waals surface area (Å²) in [5.74, 6) is -0.732. The van der Waals surface area contributed by atoms with Gasteiger partial charge in [0.15, 0.2) is 0 Å². The minimum Gasteiger partial charge on any atom is -0.398 e. The molecule has 2 rings (SSSR count). The minimum atomic E-state index is -0.395. The summed E-state index contributed by atoms with van der Waals surface area (Å²) in [6.45, 7) is 1.61. The van der Waals surface area contributed by atoms with E-state index in [1.165, 1.54) is 30.3 Å². The fourth-order valence-corrected chi connectivity index (χ4v) is 1.81. The van der Waals surface area contributed by atoms with Crippen molar-refractivity contribution in [2.24, 2.45) is 0 Å². The predicted molar refractivity (Wildman–Crippen MR) is 77.8 cm³/mol. The molecule has 0 fully saturated rings. The molecular weight excluding hydrogens is 258 g/mol. The van der Waals surface area contributed by atoms with Crippen molar-refractivity contribution in [3.05, 3.63) is 70.8 Å². The Balaban J connectivity index is 2.27. The summed E-state index contributed by atoms with van der Waals surface area (Å²) < 4.78 is 26.3. The zero-order chi connectivity index (χ0) is 14.7. The second-order valence-corrected chi connectivity index (χ2v) is 4.49. The lowest BCUT2D eigenvalue weighted by molar-refractivity contribution is 0.619. The zero-order valence-electron chi connectivity index (χ0n) is 11.0. The smallest absolute Gasteiger partial charge is 0.128 e. The van der Waals surface area contributed by atoms with Gasteiger partial charge in [-0.2, -0.15) is 0 Å². The molecule has 2 nitrogen and oxygen atoms in total. The van der Waals surface area contributed by atoms with Crippen molar-refractivity contribution < 1.29 is 8.78 Å². The quantitative estimate of drug-likeness (QED) is 0.645. The van der Waals surface area contributed by atoms with Crippen molar-refractivity contribution in [1.82, 2.24) is 0 Å². The normalized spacial score (nSPS) is 10.9. The molecule has 0 saturated heterocycles. The monoisotopic (exact) mass is 272 g/mol. The van der Waals surface area contributed by atoms with Gasteiger partial charge in [0.2, 0.25) is 0 Å². The number of nitrogens with one attached hydrogen (secondary N) is 1. The number of anilines is 1. The van der Waals surface area contributed by atoms with Crippen LogP contribution in [0.15, 0.2) is 42.5 Å². The van der Waals surface area contributed by atoms with E-state index in [1.54, 1.807) is 25.1 Å². The van der Waals surface area contributed by atoms with Gasteiger partial charge in [0.1, 0.15) is 11.6 Å². The molecule has 4 heteroatoms. The summed E-state index contributed by atoms with van der Waals surface area (Å²) in [4.78, 5) is 0. The largest absolute Gasteiger partial charge is 0.398 e. The first-order valence-electron chi connectivity index (χ1n) is 6.05. The third-order valence-electron chi connectivity index (χ3n) is 2.91. The Morgan fingerprint density at radius 2 is 1.95 bits per heavy atom. The van der Waals surface area contributed by atoms with E-state index in [0.29, 0.717) is 16.7 Å². The van der Waals surface area contributed by atoms with Crippen molar-refractivity contribution >= 4 is 17.5 Å². The van der Waals surface area contributed by atoms with Gasteiger partial charge in [-0.1, -0.05) is 18.2 Å². The molecule has 0 heterocycles. The van der Waals surface area contributed by atoms with E-state index in [9.17, 15) is 8.78 Å². The first kappa shape index (κ1) is 13.9. The Morgan fingerprint density at radius 3 is 2.65 bits per heavy atom. The Labute approximate surface area is 116 Å². The molecule has 0 unspecified atom stereocenters. The molecule has 0 aromatic heterocycles. The van der Waals surface area contributed by atoms with Crippen LogP contribution in [0, 0.1) is 24.0 Å². The van der Waals surface area contributed by atoms with Gasteiger partial charge in [-0.05, 0) is 48.4 Å². The molecule has 2 aromatic carbocycles. The Kier molecular flexibility index (Phi) is 3.94. The molecule has 0 spiro atoms. The summed E-state index contributed by atoms with van der Waals surface area (Å²) in [5, 5.41) is 7.96. The maximum absolute atomic E-state index is 13.3. The molecule has 3 N–H and O–H groups in total. The third-order valence-corrected chi connectivity index (χ3v) is 2.91. The minimum absolute atomic E-state index is 0.148. The molecule has 2 aromatic rings. The standard InChI is InChI=1S/C16H14F2N2/c1-10-7-13(16(20)9-14(10)18)15(19)6-5-11-3-2-4-12(17)8-11/h2-9,19H,20H2,1H3/b6-5+,19-15?. The van der Waals surface area contributed by atoms with Crippen LogP contribution in [0.3, 0.4) is 0 Å². The average molecular weight is 272 g/mol. The molecular formula is C16H14F2N2. The number of nitrogens with two attached hydrogens (primary N) is 1. The van der Waals surface area contributed by atoms with E-state index >= 15 is 0 Å². The number of benzene rings is 2. The summed E-state index contributed by atoms with van der Waals surface area (Å²) in [5.41, 5.74) is 7.60. The maximum atomic E-state index is 13.3. The molecule has 0 saturated carbocycles. The summed E-state index contributed by atoms with van der Waals surface area (Å²) >= 11 is 0. The first-order valence-corrected chi connectivity index (χ1v) is 6.05. The molecule has 0 aliphatic heterocycles. The molecule has 0 amide bonds. The Hall–Kier alpha value is -2.49. The van der Waals surface area contributed by atoms with Crippen molar-refractivity contribution in [1.29, 1.82) is 5.41 Å². The predicted octanol–water partition coefficient (Wildman–Crippen LogP) is 3.94. The lowest BCUT2D eigenvalue weighted by Crippen LogP contribution is -2.03. The second-order valence-electron chi connectivity index (χ2n) is 4.49. The first-order chi connectivity index (χ1) is 9.47. The number of allylic oxidation sites excluding steroid dienone is 1. The SMILES string of the molecule is Cc1cc(C(=N)/C=C/c2cccc(F)c2)c(N)cc1F. The zero-order valence-corrected chi connectivity index (χ0v) is 11.0. The topological polar surface area (TPSA) is 49.9 Å². The van der Waals surface area contributed by atoms with Crippen molar-refractivity contribution in [3.63, 3.8) is 0 Å². The van der Waals surface area contributed by atoms with Crippen LogP contribution >= 0.6 is 0 Å². The van der Waals surface area contributed by atoms with E-state index in [0.717, 1.165) is 0 Å². The number of nitrogen functional groups attached to an aromatic ring is 1. The Bertz CT molecular complexity index is 691. The van der Waals surface area contributed by atoms with Gasteiger partial charge in [0, 0.05) is 11.3 Å². The lowest BCUT2D eigenvalue weighted by atomic mass is 10.0. The van der Waals surface area contributed by atoms with Crippen LogP contribution < -0.4 is 5.73 Å². The lowest BCUT2D eigenvalue weighted by Gasteiger charge is -2.06. The van der Waals surface area contributed by atoms with Crippen LogP contribution in [-0.2, 0) is 0 Å². The van der Waals surface area contributed by atoms with Crippen LogP contribution in [-0.4, -0.2) is 5.71 Å². The highest BCUT2D eigenvalue weighted by Crippen LogP contribution is 2.19. The molecule has 0 atom stereocenters. The maximum Gasteiger partial charge on any atom is 0.128 e. The van der Waals surface area contributed by atoms with Gasteiger partial charge < -0.3 is 11.1 Å². The van der Waals surface area contributed by atoms with Gasteiger partial charge in [-0.3, -0.25) is 0 Å². The fourth-order valence-electron chi connectivity index (χ4n) is 1.81. The number of aryl methyl sites for hydroxylation is 1. The molecule has 102 valence electrons. The molecule has 0 radical (unpaired) electrons. The number of hydrogen-bond acceptors (Lipinski definition) is 2. The van der Waals surface area contributed by atoms with Gasteiger partial charge in [0.05, 0.1) is 5.71 Å². The number of rotatable bonds is 3. The van der Waals surface area contributed by atoms with Crippen molar-refractivity contribution in [2.45, 2.75) is 6.92 Å². The van der Waals surface area contributed by atoms with E-state index in [-0.39, 0.29) is 17.2 Å². The van der Waals surface area contributed by atoms with Gasteiger partial charge >= 0.3 is 0 Å². The average Bonchev–Trinajstić information content (AvgIpc) is 2.40. The van der Waals surface area contributed by atoms with Gasteiger partial charge in [-0.25, -0.2) is 8.78 Å². The molecule has 0 aliphatic rings. The van der Waals surface area contributed by atoms with Crippen LogP contribution in [0.1, 0.15) is 16.7 Å². The molecule has 0 bridgehead atoms. The van der Waals surface area contributed by atoms with Crippen LogP contribution in [0.5, 0.6) is 0 Å². The van der Waals surface area contributed by atoms with Crippen LogP contribution in [0.4, 0.5) is 14.5 Å². The highest BCUT2D eigenvalue weighted by molar-refractivity contribution is 6.11. The van der Waals surface area contributed by atoms with E-state index in [2.05, 4.69) is 0 Å². The highest BCUT2D eigenvalue weighted by Gasteiger charge is 2.07. The second kappa shape index (κ2) is 5.65. The number of halogens is 2. The Morgan fingerprint density at radius 1 is 1.20 bits per heavy atom. The third kappa shape index (κ3) is 3.09. The van der Waals surface area contributed by atoms with E-state index < -0.39 is 5.82 Å². The van der Waals surface area contributed by atoms with Gasteiger partial charge in [0.25, 0.3) is 0 Å². The summed E-state index contributed by atoms with van der Waals surface area (Å²) in [7, 11) is 0. The molecule has 0 aliphatic carbocycles. The van der Waals surface area contributed by atoms with Crippen molar-refractivity contribution in [2.75, 3.05) is 5.73 Å². The van der Waals surface area contributed by atoms with Crippen molar-refractivity contribution in [3.8, 4) is 0 Å². The van der Waals surface area contributed by atoms with E-state index in [1.807, 2.05) is 0 Å². The molecule has 20 heavy (non-hydrogen) atoms. The summed E-state index contributed by atoms with van der Waals surface area (Å²) in [6.07, 6.45) is 3.13. The van der Waals surface area contributed by atoms with Crippen LogP contribution in [0.25, 0.3) is 6.08 Å². The summed E-state index contributed by atoms with van der Waals surface area (Å²) in [6, 6.07) is 8.77. The fraction of sp³-hybridized carbons (Fsp3) is 0.0625. The van der Waals surface area contributed by atoms with E-state index in [4.69, 9.17) is 11.1 Å². The van der Waals surface area contributed by atoms with Crippen LogP contribution in [0.2, 0.25) is 0 Å². The highest BCUT2D eigenvalue weighted by atomic mass is 19.1.